The van der Waals surface area contributed by atoms with Gasteiger partial charge in [0.05, 0.1) is 21.1 Å². The molecule has 0 aliphatic heterocycles. The lowest BCUT2D eigenvalue weighted by atomic mass is 10.2. The normalized spacial score (nSPS) is 15.3. The highest BCUT2D eigenvalue weighted by Gasteiger charge is 2.13. The summed E-state index contributed by atoms with van der Waals surface area (Å²) in [6.07, 6.45) is 1.45. The monoisotopic (exact) mass is 145 g/mol. The van der Waals surface area contributed by atoms with Crippen LogP contribution < -0.4 is 0 Å². The molecule has 0 amide bonds. The van der Waals surface area contributed by atoms with Gasteiger partial charge in [-0.2, -0.15) is 0 Å². The number of nitrogens with zero attached hydrogens (tertiary/aromatic N) is 1. The zero-order chi connectivity index (χ0) is 8.20. The summed E-state index contributed by atoms with van der Waals surface area (Å²) in [7, 11) is 6.23. The van der Waals surface area contributed by atoms with Crippen LogP contribution in [0, 0.1) is 6.92 Å². The highest BCUT2D eigenvalue weighted by molar-refractivity contribution is 4.54. The minimum Gasteiger partial charge on any atom is -0.387 e. The lowest BCUT2D eigenvalue weighted by Gasteiger charge is -2.26. The molecule has 1 N–H and O–H groups in total. The van der Waals surface area contributed by atoms with Crippen LogP contribution in [0.2, 0.25) is 0 Å². The Morgan fingerprint density at radius 2 is 1.90 bits per heavy atom. The van der Waals surface area contributed by atoms with Gasteiger partial charge in [0.25, 0.3) is 0 Å². The molecule has 0 bridgehead atoms. The van der Waals surface area contributed by atoms with Crippen LogP contribution in [0.1, 0.15) is 12.8 Å². The minimum absolute atomic E-state index is 0.183. The van der Waals surface area contributed by atoms with E-state index in [-0.39, 0.29) is 6.10 Å². The summed E-state index contributed by atoms with van der Waals surface area (Å²) in [5, 5.41) is 9.33. The Balaban J connectivity index is 3.47. The molecule has 0 aliphatic rings. The molecule has 0 saturated carbocycles. The Labute approximate surface area is 64.1 Å². The highest BCUT2D eigenvalue weighted by Crippen LogP contribution is 2.00. The number of rotatable bonds is 4. The Hall–Kier alpha value is -0.0800. The van der Waals surface area contributed by atoms with Crippen molar-refractivity contribution in [1.82, 2.24) is 0 Å². The van der Waals surface area contributed by atoms with E-state index >= 15 is 0 Å². The van der Waals surface area contributed by atoms with E-state index in [1.807, 2.05) is 0 Å². The van der Waals surface area contributed by atoms with Crippen LogP contribution in [0.25, 0.3) is 0 Å². The van der Waals surface area contributed by atoms with Gasteiger partial charge in [-0.25, -0.2) is 0 Å². The third-order valence-electron chi connectivity index (χ3n) is 1.30. The van der Waals surface area contributed by atoms with Gasteiger partial charge in [-0.3, -0.25) is 0 Å². The number of quaternary nitrogens is 1. The molecule has 0 rings (SSSR count). The average Bonchev–Trinajstić information content (AvgIpc) is 1.59. The van der Waals surface area contributed by atoms with E-state index in [9.17, 15) is 5.11 Å². The van der Waals surface area contributed by atoms with E-state index in [2.05, 4.69) is 28.1 Å². The topological polar surface area (TPSA) is 20.2 Å². The fourth-order valence-corrected chi connectivity index (χ4v) is 0.959. The number of hydrogen-bond donors (Lipinski definition) is 1. The lowest BCUT2D eigenvalue weighted by molar-refractivity contribution is -0.873. The number of likely N-dealkylation sites (N-methyl/N-ethyl adjacent to an activating group) is 1. The van der Waals surface area contributed by atoms with E-state index in [0.29, 0.717) is 0 Å². The van der Waals surface area contributed by atoms with Crippen molar-refractivity contribution >= 4 is 0 Å². The first kappa shape index (κ1) is 9.92. The molecule has 0 aromatic carbocycles. The molecule has 0 aliphatic carbocycles. The lowest BCUT2D eigenvalue weighted by Crippen LogP contribution is -2.41. The van der Waals surface area contributed by atoms with Crippen molar-refractivity contribution in [2.24, 2.45) is 0 Å². The fraction of sp³-hybridized carbons (Fsp3) is 0.875. The molecule has 2 nitrogen and oxygen atoms in total. The third kappa shape index (κ3) is 6.05. The first-order valence-electron chi connectivity index (χ1n) is 3.73. The number of aliphatic hydroxyl groups excluding tert-OH is 1. The molecular formula is C8H19NO+. The van der Waals surface area contributed by atoms with Crippen molar-refractivity contribution in [3.8, 4) is 0 Å². The van der Waals surface area contributed by atoms with E-state index in [1.165, 1.54) is 0 Å². The molecule has 0 aromatic heterocycles. The van der Waals surface area contributed by atoms with Crippen LogP contribution in [-0.4, -0.2) is 43.4 Å². The molecule has 0 fully saturated rings. The van der Waals surface area contributed by atoms with Gasteiger partial charge in [0, 0.05) is 0 Å². The van der Waals surface area contributed by atoms with Crippen molar-refractivity contribution in [3.05, 3.63) is 6.92 Å². The zero-order valence-electron chi connectivity index (χ0n) is 7.30. The van der Waals surface area contributed by atoms with Crippen LogP contribution >= 0.6 is 0 Å². The quantitative estimate of drug-likeness (QED) is 0.576. The zero-order valence-corrected chi connectivity index (χ0v) is 7.30. The summed E-state index contributed by atoms with van der Waals surface area (Å²) in [4.78, 5) is 0. The molecule has 10 heavy (non-hydrogen) atoms. The maximum Gasteiger partial charge on any atom is 0.104 e. The molecule has 0 saturated heterocycles. The van der Waals surface area contributed by atoms with Gasteiger partial charge in [-0.15, -0.1) is 0 Å². The third-order valence-corrected chi connectivity index (χ3v) is 1.30. The van der Waals surface area contributed by atoms with Crippen molar-refractivity contribution in [1.29, 1.82) is 0 Å². The second-order valence-electron chi connectivity index (χ2n) is 3.77. The molecule has 1 unspecified atom stereocenters. The molecule has 1 atom stereocenters. The summed E-state index contributed by atoms with van der Waals surface area (Å²) in [5.74, 6) is 0. The summed E-state index contributed by atoms with van der Waals surface area (Å²) in [5.41, 5.74) is 0. The van der Waals surface area contributed by atoms with Crippen LogP contribution in [0.15, 0.2) is 0 Å². The molecular weight excluding hydrogens is 126 g/mol. The van der Waals surface area contributed by atoms with Gasteiger partial charge >= 0.3 is 0 Å². The molecule has 61 valence electrons. The van der Waals surface area contributed by atoms with E-state index in [1.54, 1.807) is 0 Å². The Kier molecular flexibility index (Phi) is 3.91. The van der Waals surface area contributed by atoms with Crippen molar-refractivity contribution in [2.45, 2.75) is 18.9 Å². The second kappa shape index (κ2) is 3.94. The summed E-state index contributed by atoms with van der Waals surface area (Å²) < 4.78 is 0.821. The van der Waals surface area contributed by atoms with E-state index < -0.39 is 0 Å². The average molecular weight is 145 g/mol. The van der Waals surface area contributed by atoms with Gasteiger partial charge in [0.1, 0.15) is 12.6 Å². The summed E-state index contributed by atoms with van der Waals surface area (Å²) in [6, 6.07) is 0. The van der Waals surface area contributed by atoms with Gasteiger partial charge in [-0.1, -0.05) is 13.3 Å². The smallest absolute Gasteiger partial charge is 0.104 e. The van der Waals surface area contributed by atoms with Crippen LogP contribution in [0.5, 0.6) is 0 Å². The van der Waals surface area contributed by atoms with Crippen molar-refractivity contribution in [3.63, 3.8) is 0 Å². The maximum absolute atomic E-state index is 9.33. The molecule has 0 heterocycles. The number of hydrogen-bond acceptors (Lipinski definition) is 1. The largest absolute Gasteiger partial charge is 0.387 e. The van der Waals surface area contributed by atoms with Gasteiger partial charge in [0.15, 0.2) is 0 Å². The predicted molar refractivity (Wildman–Crippen MR) is 43.5 cm³/mol. The molecule has 0 aromatic rings. The fourth-order valence-electron chi connectivity index (χ4n) is 0.959. The van der Waals surface area contributed by atoms with Gasteiger partial charge in [0.2, 0.25) is 0 Å². The highest BCUT2D eigenvalue weighted by atomic mass is 16.3. The van der Waals surface area contributed by atoms with Crippen LogP contribution in [0.4, 0.5) is 0 Å². The predicted octanol–water partition coefficient (Wildman–Crippen LogP) is 0.668. The van der Waals surface area contributed by atoms with Gasteiger partial charge in [-0.05, 0) is 6.42 Å². The second-order valence-corrected chi connectivity index (χ2v) is 3.77. The maximum atomic E-state index is 9.33. The van der Waals surface area contributed by atoms with Crippen LogP contribution in [0.3, 0.4) is 0 Å². The Morgan fingerprint density at radius 3 is 2.20 bits per heavy atom. The Bertz CT molecular complexity index is 85.7. The van der Waals surface area contributed by atoms with Crippen molar-refractivity contribution in [2.75, 3.05) is 27.7 Å². The molecule has 1 radical (unpaired) electrons. The van der Waals surface area contributed by atoms with Crippen molar-refractivity contribution < 1.29 is 9.59 Å². The number of aliphatic hydroxyl groups is 1. The molecule has 0 spiro atoms. The standard InChI is InChI=1S/C8H19NO/c1-5-6-8(10)7-9(2,3)4/h8,10H,1,5-7H2,2-4H3/q+1. The minimum atomic E-state index is -0.183. The molecule has 2 heteroatoms. The summed E-state index contributed by atoms with van der Waals surface area (Å²) in [6.45, 7) is 4.50. The first-order chi connectivity index (χ1) is 4.45. The van der Waals surface area contributed by atoms with E-state index in [4.69, 9.17) is 0 Å². The first-order valence-corrected chi connectivity index (χ1v) is 3.73. The summed E-state index contributed by atoms with van der Waals surface area (Å²) >= 11 is 0. The van der Waals surface area contributed by atoms with Crippen LogP contribution in [-0.2, 0) is 0 Å². The van der Waals surface area contributed by atoms with E-state index in [0.717, 1.165) is 23.9 Å². The Morgan fingerprint density at radius 1 is 1.40 bits per heavy atom. The van der Waals surface area contributed by atoms with Gasteiger partial charge < -0.3 is 9.59 Å². The SMILES string of the molecule is [CH2]CCC(O)C[N+](C)(C)C.